The van der Waals surface area contributed by atoms with Gasteiger partial charge in [0.1, 0.15) is 11.4 Å². The summed E-state index contributed by atoms with van der Waals surface area (Å²) in [6.07, 6.45) is 6.03. The fourth-order valence-electron chi connectivity index (χ4n) is 3.85. The number of aromatic nitrogens is 1. The van der Waals surface area contributed by atoms with Gasteiger partial charge in [-0.25, -0.2) is 4.79 Å². The molecule has 1 fully saturated rings. The lowest BCUT2D eigenvalue weighted by Gasteiger charge is -2.07. The van der Waals surface area contributed by atoms with Crippen molar-refractivity contribution >= 4 is 16.9 Å². The minimum absolute atomic E-state index is 0.322. The van der Waals surface area contributed by atoms with Crippen LogP contribution in [-0.2, 0) is 17.9 Å². The number of aryl methyl sites for hydroxylation is 1. The third-order valence-electron chi connectivity index (χ3n) is 5.42. The van der Waals surface area contributed by atoms with Gasteiger partial charge in [-0.3, -0.25) is 0 Å². The van der Waals surface area contributed by atoms with Gasteiger partial charge in [0, 0.05) is 29.6 Å². The molecule has 0 amide bonds. The minimum Gasteiger partial charge on any atom is -0.494 e. The maximum Gasteiger partial charge on any atom is 0.353 e. The van der Waals surface area contributed by atoms with Crippen LogP contribution < -0.4 is 4.74 Å². The molecule has 1 aromatic heterocycles. The third-order valence-corrected chi connectivity index (χ3v) is 5.42. The van der Waals surface area contributed by atoms with Crippen molar-refractivity contribution in [1.82, 2.24) is 4.57 Å². The summed E-state index contributed by atoms with van der Waals surface area (Å²) in [6, 6.07) is 13.8. The number of carboxylic acids is 1. The van der Waals surface area contributed by atoms with Crippen molar-refractivity contribution in [2.45, 2.75) is 67.5 Å². The molecular formula is C32H45NO4. The number of hydrogen-bond acceptors (Lipinski definition) is 3. The molecule has 1 aliphatic carbocycles. The summed E-state index contributed by atoms with van der Waals surface area (Å²) >= 11 is 0. The molecule has 202 valence electrons. The van der Waals surface area contributed by atoms with Gasteiger partial charge in [-0.2, -0.15) is 0 Å². The van der Waals surface area contributed by atoms with Crippen molar-refractivity contribution in [2.24, 2.45) is 5.92 Å². The Morgan fingerprint density at radius 2 is 1.65 bits per heavy atom. The number of carboxylic acid groups (broad SMARTS) is 1. The average Bonchev–Trinajstić information content (AvgIpc) is 3.66. The van der Waals surface area contributed by atoms with E-state index in [1.165, 1.54) is 12.8 Å². The fraction of sp³-hybridized carbons (Fsp3) is 0.406. The van der Waals surface area contributed by atoms with Gasteiger partial charge in [0.15, 0.2) is 0 Å². The molecule has 1 aliphatic rings. The number of aromatic carboxylic acids is 1. The molecule has 0 aliphatic heterocycles. The minimum atomic E-state index is -0.918. The van der Waals surface area contributed by atoms with Gasteiger partial charge >= 0.3 is 5.97 Å². The standard InChI is InChI=1S/C24H27NO4.2C3H6.C2H6/c1-3-25-21-12-7-17(15-28-14-16-5-6-16)13-20(21)22(23(25)24(26)27)18-8-10-19(11-9-18)29-4-2;2*1-3-2;1-2/h7-13,16H,3-6,14-15H2,1-2H3,(H,26,27);2*3H,1H2,2H3;1-2H3. The van der Waals surface area contributed by atoms with Crippen LogP contribution in [0.15, 0.2) is 67.8 Å². The molecule has 1 heterocycles. The van der Waals surface area contributed by atoms with Gasteiger partial charge < -0.3 is 19.1 Å². The van der Waals surface area contributed by atoms with Gasteiger partial charge in [0.05, 0.1) is 13.2 Å². The molecule has 0 bridgehead atoms. The Hall–Kier alpha value is -3.31. The molecule has 4 rings (SSSR count). The van der Waals surface area contributed by atoms with E-state index in [4.69, 9.17) is 9.47 Å². The first kappa shape index (κ1) is 31.7. The second-order valence-corrected chi connectivity index (χ2v) is 8.36. The quantitative estimate of drug-likeness (QED) is 0.294. The number of allylic oxidation sites excluding steroid dienone is 2. The molecule has 3 aromatic rings. The Kier molecular flexibility index (Phi) is 14.7. The van der Waals surface area contributed by atoms with Crippen molar-refractivity contribution in [3.63, 3.8) is 0 Å². The maximum atomic E-state index is 12.2. The van der Waals surface area contributed by atoms with E-state index in [1.54, 1.807) is 12.2 Å². The zero-order valence-electron chi connectivity index (χ0n) is 23.5. The Labute approximate surface area is 223 Å². The third kappa shape index (κ3) is 9.25. The first-order valence-electron chi connectivity index (χ1n) is 13.3. The van der Waals surface area contributed by atoms with Crippen LogP contribution in [0.3, 0.4) is 0 Å². The van der Waals surface area contributed by atoms with Crippen LogP contribution in [0.2, 0.25) is 0 Å². The molecule has 0 radical (unpaired) electrons. The second-order valence-electron chi connectivity index (χ2n) is 8.36. The van der Waals surface area contributed by atoms with Crippen LogP contribution in [0.1, 0.15) is 70.4 Å². The SMILES string of the molecule is C=CC.C=CC.CC.CCOc1ccc(-c2c(C(=O)O)n(CC)c3ccc(COCC4CC4)cc23)cc1. The zero-order valence-corrected chi connectivity index (χ0v) is 23.5. The summed E-state index contributed by atoms with van der Waals surface area (Å²) < 4.78 is 13.3. The summed E-state index contributed by atoms with van der Waals surface area (Å²) in [5.41, 5.74) is 3.94. The fourth-order valence-corrected chi connectivity index (χ4v) is 3.85. The van der Waals surface area contributed by atoms with Crippen LogP contribution in [0.5, 0.6) is 5.75 Å². The molecular weight excluding hydrogens is 462 g/mol. The summed E-state index contributed by atoms with van der Waals surface area (Å²) in [7, 11) is 0. The van der Waals surface area contributed by atoms with E-state index in [0.717, 1.165) is 45.9 Å². The van der Waals surface area contributed by atoms with E-state index in [0.29, 0.717) is 25.5 Å². The Bertz CT molecular complexity index is 1100. The van der Waals surface area contributed by atoms with E-state index in [-0.39, 0.29) is 0 Å². The zero-order chi connectivity index (χ0) is 27.8. The molecule has 0 saturated heterocycles. The molecule has 0 atom stereocenters. The lowest BCUT2D eigenvalue weighted by molar-refractivity contribution is 0.0686. The average molecular weight is 508 g/mol. The van der Waals surface area contributed by atoms with Crippen LogP contribution in [0.4, 0.5) is 0 Å². The molecule has 1 saturated carbocycles. The normalized spacial score (nSPS) is 11.6. The molecule has 5 heteroatoms. The highest BCUT2D eigenvalue weighted by atomic mass is 16.5. The largest absolute Gasteiger partial charge is 0.494 e. The number of nitrogens with zero attached hydrogens (tertiary/aromatic N) is 1. The van der Waals surface area contributed by atoms with E-state index in [1.807, 2.05) is 82.5 Å². The summed E-state index contributed by atoms with van der Waals surface area (Å²) in [4.78, 5) is 12.2. The molecule has 0 unspecified atom stereocenters. The number of carbonyl (C=O) groups is 1. The molecule has 2 aromatic carbocycles. The lowest BCUT2D eigenvalue weighted by Crippen LogP contribution is -2.08. The second kappa shape index (κ2) is 17.2. The van der Waals surface area contributed by atoms with Gasteiger partial charge in [-0.05, 0) is 81.8 Å². The van der Waals surface area contributed by atoms with E-state index < -0.39 is 5.97 Å². The van der Waals surface area contributed by atoms with Crippen LogP contribution in [0, 0.1) is 5.92 Å². The summed E-state index contributed by atoms with van der Waals surface area (Å²) in [5.74, 6) is 0.581. The first-order valence-corrected chi connectivity index (χ1v) is 13.3. The van der Waals surface area contributed by atoms with Crippen molar-refractivity contribution < 1.29 is 19.4 Å². The Morgan fingerprint density at radius 3 is 2.14 bits per heavy atom. The number of ether oxygens (including phenoxy) is 2. The maximum absolute atomic E-state index is 12.2. The van der Waals surface area contributed by atoms with Crippen molar-refractivity contribution in [2.75, 3.05) is 13.2 Å². The van der Waals surface area contributed by atoms with E-state index in [2.05, 4.69) is 19.2 Å². The number of fused-ring (bicyclic) bond motifs is 1. The lowest BCUT2D eigenvalue weighted by atomic mass is 10.0. The summed E-state index contributed by atoms with van der Waals surface area (Å²) in [6.45, 7) is 21.0. The topological polar surface area (TPSA) is 60.7 Å². The van der Waals surface area contributed by atoms with Gasteiger partial charge in [-0.1, -0.05) is 44.2 Å². The van der Waals surface area contributed by atoms with Gasteiger partial charge in [0.2, 0.25) is 0 Å². The van der Waals surface area contributed by atoms with E-state index >= 15 is 0 Å². The molecule has 0 spiro atoms. The van der Waals surface area contributed by atoms with Crippen molar-refractivity contribution in [1.29, 1.82) is 0 Å². The number of rotatable bonds is 9. The van der Waals surface area contributed by atoms with Gasteiger partial charge in [-0.15, -0.1) is 13.2 Å². The Balaban J connectivity index is 0.000000767. The van der Waals surface area contributed by atoms with Crippen molar-refractivity contribution in [3.05, 3.63) is 79.0 Å². The Morgan fingerprint density at radius 1 is 1.05 bits per heavy atom. The monoisotopic (exact) mass is 507 g/mol. The highest BCUT2D eigenvalue weighted by Gasteiger charge is 2.24. The number of hydrogen-bond donors (Lipinski definition) is 1. The van der Waals surface area contributed by atoms with Crippen LogP contribution in [0.25, 0.3) is 22.0 Å². The number of benzene rings is 2. The molecule has 5 nitrogen and oxygen atoms in total. The molecule has 1 N–H and O–H groups in total. The predicted molar refractivity (Wildman–Crippen MR) is 157 cm³/mol. The summed E-state index contributed by atoms with van der Waals surface area (Å²) in [5, 5.41) is 10.9. The van der Waals surface area contributed by atoms with Crippen molar-refractivity contribution in [3.8, 4) is 16.9 Å². The van der Waals surface area contributed by atoms with Gasteiger partial charge in [0.25, 0.3) is 0 Å². The highest BCUT2D eigenvalue weighted by Crippen LogP contribution is 2.37. The first-order chi connectivity index (χ1) is 17.9. The smallest absolute Gasteiger partial charge is 0.353 e. The molecule has 37 heavy (non-hydrogen) atoms. The van der Waals surface area contributed by atoms with E-state index in [9.17, 15) is 9.90 Å². The predicted octanol–water partition coefficient (Wildman–Crippen LogP) is 8.76. The van der Waals surface area contributed by atoms with Crippen LogP contribution in [-0.4, -0.2) is 28.9 Å². The highest BCUT2D eigenvalue weighted by molar-refractivity contribution is 6.08. The van der Waals surface area contributed by atoms with Crippen LogP contribution >= 0.6 is 0 Å².